The highest BCUT2D eigenvalue weighted by molar-refractivity contribution is 7.71. The van der Waals surface area contributed by atoms with Crippen molar-refractivity contribution in [2.75, 3.05) is 6.54 Å². The number of H-pyrrole nitrogens is 1. The van der Waals surface area contributed by atoms with Gasteiger partial charge in [0.05, 0.1) is 0 Å². The van der Waals surface area contributed by atoms with Gasteiger partial charge in [0.25, 0.3) is 0 Å². The van der Waals surface area contributed by atoms with Crippen molar-refractivity contribution in [1.29, 1.82) is 0 Å². The zero-order chi connectivity index (χ0) is 15.0. The summed E-state index contributed by atoms with van der Waals surface area (Å²) >= 11 is 4.97. The van der Waals surface area contributed by atoms with Crippen LogP contribution in [-0.2, 0) is 19.5 Å². The molecule has 0 saturated carbocycles. The molecule has 0 fully saturated rings. The summed E-state index contributed by atoms with van der Waals surface area (Å²) in [6.45, 7) is 1.68. The third-order valence-electron chi connectivity index (χ3n) is 3.50. The first-order valence-electron chi connectivity index (χ1n) is 6.46. The summed E-state index contributed by atoms with van der Waals surface area (Å²) in [5.41, 5.74) is 2.47. The van der Waals surface area contributed by atoms with Crippen LogP contribution in [0.3, 0.4) is 0 Å². The number of hydrogen-bond donors (Lipinski definition) is 1. The monoisotopic (exact) mass is 311 g/mol. The van der Waals surface area contributed by atoms with Crippen molar-refractivity contribution >= 4 is 12.2 Å². The molecule has 0 atom stereocenters. The van der Waals surface area contributed by atoms with E-state index in [1.54, 1.807) is 6.20 Å². The van der Waals surface area contributed by atoms with E-state index in [2.05, 4.69) is 9.97 Å². The summed E-state index contributed by atoms with van der Waals surface area (Å²) in [7, 11) is 0. The summed E-state index contributed by atoms with van der Waals surface area (Å²) < 4.78 is 39.8. The zero-order valence-corrected chi connectivity index (χ0v) is 11.8. The van der Waals surface area contributed by atoms with Crippen molar-refractivity contribution in [2.45, 2.75) is 19.5 Å². The van der Waals surface area contributed by atoms with Gasteiger partial charge in [-0.2, -0.15) is 0 Å². The molecule has 2 heterocycles. The fourth-order valence-corrected chi connectivity index (χ4v) is 2.67. The maximum atomic E-state index is 13.2. The van der Waals surface area contributed by atoms with Crippen LogP contribution in [0.2, 0.25) is 0 Å². The maximum Gasteiger partial charge on any atom is 0.196 e. The van der Waals surface area contributed by atoms with E-state index in [0.717, 1.165) is 36.4 Å². The fourth-order valence-electron chi connectivity index (χ4n) is 2.50. The Bertz CT molecular complexity index is 721. The lowest BCUT2D eigenvalue weighted by Gasteiger charge is -2.28. The maximum absolute atomic E-state index is 13.2. The number of fused-ring (bicyclic) bond motifs is 1. The molecule has 1 aromatic carbocycles. The molecule has 110 valence electrons. The molecule has 0 bridgehead atoms. The predicted molar refractivity (Wildman–Crippen MR) is 73.6 cm³/mol. The Hall–Kier alpha value is -1.73. The van der Waals surface area contributed by atoms with Gasteiger partial charge in [-0.1, -0.05) is 0 Å². The first-order chi connectivity index (χ1) is 10.0. The largest absolute Gasteiger partial charge is 0.334 e. The quantitative estimate of drug-likeness (QED) is 0.683. The lowest BCUT2D eigenvalue weighted by Crippen LogP contribution is -2.31. The Kier molecular flexibility index (Phi) is 3.77. The number of benzene rings is 1. The zero-order valence-electron chi connectivity index (χ0n) is 11.0. The van der Waals surface area contributed by atoms with Crippen LogP contribution < -0.4 is 0 Å². The molecule has 3 nitrogen and oxygen atoms in total. The van der Waals surface area contributed by atoms with Gasteiger partial charge in [-0.05, 0) is 29.9 Å². The smallest absolute Gasteiger partial charge is 0.196 e. The number of aromatic amines is 1. The predicted octanol–water partition coefficient (Wildman–Crippen LogP) is 3.11. The van der Waals surface area contributed by atoms with Crippen molar-refractivity contribution in [3.8, 4) is 0 Å². The van der Waals surface area contributed by atoms with E-state index in [4.69, 9.17) is 12.2 Å². The van der Waals surface area contributed by atoms with E-state index in [1.807, 2.05) is 4.90 Å². The van der Waals surface area contributed by atoms with E-state index >= 15 is 0 Å². The molecule has 1 N–H and O–H groups in total. The Morgan fingerprint density at radius 1 is 1.24 bits per heavy atom. The van der Waals surface area contributed by atoms with E-state index in [-0.39, 0.29) is 0 Å². The van der Waals surface area contributed by atoms with Gasteiger partial charge in [-0.3, -0.25) is 4.90 Å². The fraction of sp³-hybridized carbons (Fsp3) is 0.286. The summed E-state index contributed by atoms with van der Waals surface area (Å²) in [6.07, 6.45) is 2.47. The molecular formula is C14H12F3N3S. The molecule has 0 aliphatic carbocycles. The second-order valence-electron chi connectivity index (χ2n) is 5.03. The van der Waals surface area contributed by atoms with Gasteiger partial charge in [0.1, 0.15) is 0 Å². The molecule has 0 spiro atoms. The van der Waals surface area contributed by atoms with Gasteiger partial charge in [-0.25, -0.2) is 18.2 Å². The van der Waals surface area contributed by atoms with Crippen LogP contribution in [0.15, 0.2) is 18.3 Å². The minimum Gasteiger partial charge on any atom is -0.334 e. The SMILES string of the molecule is Fc1cc(CN2CCc3[nH]c(=S)ncc3C2)cc(F)c1F. The number of nitrogens with one attached hydrogen (secondary N) is 1. The molecule has 2 aromatic rings. The average Bonchev–Trinajstić information content (AvgIpc) is 2.45. The first-order valence-corrected chi connectivity index (χ1v) is 6.86. The number of aromatic nitrogens is 2. The Balaban J connectivity index is 1.78. The third-order valence-corrected chi connectivity index (χ3v) is 3.71. The van der Waals surface area contributed by atoms with Gasteiger partial charge in [0.2, 0.25) is 0 Å². The third kappa shape index (κ3) is 2.98. The second-order valence-corrected chi connectivity index (χ2v) is 5.41. The Morgan fingerprint density at radius 3 is 2.67 bits per heavy atom. The molecule has 7 heteroatoms. The summed E-state index contributed by atoms with van der Waals surface area (Å²) in [4.78, 5) is 9.10. The standard InChI is InChI=1S/C14H12F3N3S/c15-10-3-8(4-11(16)13(10)17)6-20-2-1-12-9(7-20)5-18-14(21)19-12/h3-5H,1-2,6-7H2,(H,18,19,21). The van der Waals surface area contributed by atoms with Gasteiger partial charge in [0, 0.05) is 43.5 Å². The van der Waals surface area contributed by atoms with Crippen LogP contribution >= 0.6 is 12.2 Å². The van der Waals surface area contributed by atoms with Crippen LogP contribution in [-0.4, -0.2) is 21.4 Å². The molecule has 3 rings (SSSR count). The van der Waals surface area contributed by atoms with E-state index in [9.17, 15) is 13.2 Å². The van der Waals surface area contributed by atoms with Gasteiger partial charge >= 0.3 is 0 Å². The van der Waals surface area contributed by atoms with Gasteiger partial charge in [-0.15, -0.1) is 0 Å². The van der Waals surface area contributed by atoms with Gasteiger partial charge < -0.3 is 4.98 Å². The van der Waals surface area contributed by atoms with Crippen LogP contribution in [0.5, 0.6) is 0 Å². The van der Waals surface area contributed by atoms with E-state index in [1.165, 1.54) is 0 Å². The topological polar surface area (TPSA) is 31.9 Å². The molecular weight excluding hydrogens is 299 g/mol. The lowest BCUT2D eigenvalue weighted by molar-refractivity contribution is 0.241. The van der Waals surface area contributed by atoms with E-state index in [0.29, 0.717) is 23.4 Å². The van der Waals surface area contributed by atoms with Crippen molar-refractivity contribution in [2.24, 2.45) is 0 Å². The van der Waals surface area contributed by atoms with Crippen LogP contribution in [0.1, 0.15) is 16.8 Å². The molecule has 21 heavy (non-hydrogen) atoms. The highest BCUT2D eigenvalue weighted by Crippen LogP contribution is 2.20. The van der Waals surface area contributed by atoms with Crippen molar-refractivity contribution in [3.05, 3.63) is 57.4 Å². The Labute approximate surface area is 124 Å². The molecule has 0 unspecified atom stereocenters. The van der Waals surface area contributed by atoms with Crippen molar-refractivity contribution in [1.82, 2.24) is 14.9 Å². The molecule has 0 radical (unpaired) electrons. The summed E-state index contributed by atoms with van der Waals surface area (Å²) in [5.74, 6) is -3.75. The minimum atomic E-state index is -1.43. The van der Waals surface area contributed by atoms with Crippen LogP contribution in [0.4, 0.5) is 13.2 Å². The minimum absolute atomic E-state index is 0.350. The second kappa shape index (κ2) is 5.57. The van der Waals surface area contributed by atoms with Crippen LogP contribution in [0, 0.1) is 22.2 Å². The molecule has 0 saturated heterocycles. The molecule has 1 aliphatic heterocycles. The number of halogens is 3. The number of nitrogens with zero attached hydrogens (tertiary/aromatic N) is 2. The normalized spacial score (nSPS) is 15.0. The molecule has 1 aromatic heterocycles. The number of rotatable bonds is 2. The Morgan fingerprint density at radius 2 is 1.95 bits per heavy atom. The molecule has 0 amide bonds. The highest BCUT2D eigenvalue weighted by Gasteiger charge is 2.18. The van der Waals surface area contributed by atoms with Gasteiger partial charge in [0.15, 0.2) is 22.2 Å². The summed E-state index contributed by atoms with van der Waals surface area (Å²) in [6, 6.07) is 2.06. The molecule has 1 aliphatic rings. The van der Waals surface area contributed by atoms with Crippen LogP contribution in [0.25, 0.3) is 0 Å². The van der Waals surface area contributed by atoms with Crippen molar-refractivity contribution < 1.29 is 13.2 Å². The van der Waals surface area contributed by atoms with E-state index < -0.39 is 17.5 Å². The first kappa shape index (κ1) is 14.2. The average molecular weight is 311 g/mol. The highest BCUT2D eigenvalue weighted by atomic mass is 32.1. The summed E-state index contributed by atoms with van der Waals surface area (Å²) in [5, 5.41) is 0. The number of hydrogen-bond acceptors (Lipinski definition) is 3. The van der Waals surface area contributed by atoms with Crippen molar-refractivity contribution in [3.63, 3.8) is 0 Å². The lowest BCUT2D eigenvalue weighted by atomic mass is 10.1.